The first-order chi connectivity index (χ1) is 12.7. The van der Waals surface area contributed by atoms with E-state index < -0.39 is 0 Å². The monoisotopic (exact) mass is 351 g/mol. The van der Waals surface area contributed by atoms with Crippen LogP contribution >= 0.6 is 0 Å². The lowest BCUT2D eigenvalue weighted by atomic mass is 10.2. The van der Waals surface area contributed by atoms with Gasteiger partial charge in [0.2, 0.25) is 5.95 Å². The van der Waals surface area contributed by atoms with Gasteiger partial charge in [0.05, 0.1) is 12.3 Å². The van der Waals surface area contributed by atoms with Gasteiger partial charge >= 0.3 is 0 Å². The molecule has 7 heteroatoms. The molecule has 26 heavy (non-hydrogen) atoms. The topological polar surface area (TPSA) is 106 Å². The van der Waals surface area contributed by atoms with Crippen LogP contribution in [0.1, 0.15) is 12.0 Å². The van der Waals surface area contributed by atoms with Gasteiger partial charge in [-0.25, -0.2) is 0 Å². The van der Waals surface area contributed by atoms with Gasteiger partial charge in [-0.15, -0.1) is 0 Å². The molecule has 134 valence electrons. The SMILES string of the molecule is NCCCOc1ccc(CNc2nc(=O)cc(-c3ccncc3)[nH]2)cc1. The van der Waals surface area contributed by atoms with E-state index in [9.17, 15) is 4.79 Å². The molecule has 0 unspecified atom stereocenters. The van der Waals surface area contributed by atoms with E-state index >= 15 is 0 Å². The highest BCUT2D eigenvalue weighted by molar-refractivity contribution is 5.59. The van der Waals surface area contributed by atoms with Gasteiger partial charge in [0.15, 0.2) is 0 Å². The van der Waals surface area contributed by atoms with E-state index in [2.05, 4.69) is 20.3 Å². The minimum Gasteiger partial charge on any atom is -0.494 e. The van der Waals surface area contributed by atoms with E-state index in [1.807, 2.05) is 36.4 Å². The van der Waals surface area contributed by atoms with Crippen LogP contribution in [0.2, 0.25) is 0 Å². The number of hydrogen-bond donors (Lipinski definition) is 3. The van der Waals surface area contributed by atoms with E-state index in [0.29, 0.717) is 31.3 Å². The molecule has 0 spiro atoms. The summed E-state index contributed by atoms with van der Waals surface area (Å²) in [6, 6.07) is 12.9. The van der Waals surface area contributed by atoms with E-state index in [-0.39, 0.29) is 5.56 Å². The molecule has 7 nitrogen and oxygen atoms in total. The molecule has 2 heterocycles. The van der Waals surface area contributed by atoms with Crippen molar-refractivity contribution in [2.75, 3.05) is 18.5 Å². The zero-order valence-corrected chi connectivity index (χ0v) is 14.3. The van der Waals surface area contributed by atoms with Crippen LogP contribution in [0.25, 0.3) is 11.3 Å². The van der Waals surface area contributed by atoms with Gasteiger partial charge in [-0.3, -0.25) is 9.78 Å². The molecule has 0 fully saturated rings. The van der Waals surface area contributed by atoms with Gasteiger partial charge < -0.3 is 20.8 Å². The number of aromatic nitrogens is 3. The summed E-state index contributed by atoms with van der Waals surface area (Å²) in [5.41, 5.74) is 7.76. The van der Waals surface area contributed by atoms with Crippen molar-refractivity contribution in [1.29, 1.82) is 0 Å². The minimum atomic E-state index is -0.304. The highest BCUT2D eigenvalue weighted by Gasteiger charge is 2.04. The second-order valence-electron chi connectivity index (χ2n) is 5.71. The van der Waals surface area contributed by atoms with Gasteiger partial charge in [0, 0.05) is 30.6 Å². The summed E-state index contributed by atoms with van der Waals surface area (Å²) in [5, 5.41) is 3.14. The zero-order valence-electron chi connectivity index (χ0n) is 14.3. The molecular formula is C19H21N5O2. The molecule has 0 amide bonds. The molecule has 0 radical (unpaired) electrons. The van der Waals surface area contributed by atoms with Crippen molar-refractivity contribution in [3.05, 3.63) is 70.8 Å². The minimum absolute atomic E-state index is 0.304. The van der Waals surface area contributed by atoms with Crippen LogP contribution in [-0.4, -0.2) is 28.1 Å². The first kappa shape index (κ1) is 17.6. The molecular weight excluding hydrogens is 330 g/mol. The molecule has 0 aliphatic carbocycles. The fourth-order valence-corrected chi connectivity index (χ4v) is 2.39. The Labute approximate surface area is 151 Å². The third-order valence-corrected chi connectivity index (χ3v) is 3.73. The lowest BCUT2D eigenvalue weighted by Crippen LogP contribution is -2.12. The molecule has 3 rings (SSSR count). The Balaban J connectivity index is 1.64. The third kappa shape index (κ3) is 4.90. The number of aromatic amines is 1. The third-order valence-electron chi connectivity index (χ3n) is 3.73. The highest BCUT2D eigenvalue weighted by Crippen LogP contribution is 2.16. The summed E-state index contributed by atoms with van der Waals surface area (Å²) in [6.45, 7) is 1.76. The largest absolute Gasteiger partial charge is 0.494 e. The Morgan fingerprint density at radius 1 is 1.12 bits per heavy atom. The smallest absolute Gasteiger partial charge is 0.275 e. The molecule has 0 saturated heterocycles. The van der Waals surface area contributed by atoms with E-state index in [1.165, 1.54) is 6.07 Å². The number of ether oxygens (including phenoxy) is 1. The molecule has 0 saturated carbocycles. The number of nitrogens with two attached hydrogens (primary N) is 1. The number of hydrogen-bond acceptors (Lipinski definition) is 6. The number of pyridine rings is 1. The summed E-state index contributed by atoms with van der Waals surface area (Å²) >= 11 is 0. The van der Waals surface area contributed by atoms with Crippen molar-refractivity contribution in [2.45, 2.75) is 13.0 Å². The van der Waals surface area contributed by atoms with Crippen LogP contribution in [0.15, 0.2) is 59.7 Å². The van der Waals surface area contributed by atoms with Crippen LogP contribution < -0.4 is 21.3 Å². The molecule has 0 atom stereocenters. The molecule has 1 aromatic carbocycles. The number of benzene rings is 1. The lowest BCUT2D eigenvalue weighted by molar-refractivity contribution is 0.313. The number of nitrogens with zero attached hydrogens (tertiary/aromatic N) is 2. The fourth-order valence-electron chi connectivity index (χ4n) is 2.39. The average molecular weight is 351 g/mol. The number of nitrogens with one attached hydrogen (secondary N) is 2. The second-order valence-corrected chi connectivity index (χ2v) is 5.71. The summed E-state index contributed by atoms with van der Waals surface area (Å²) in [6.07, 6.45) is 4.19. The molecule has 0 bridgehead atoms. The fraction of sp³-hybridized carbons (Fsp3) is 0.211. The van der Waals surface area contributed by atoms with Gasteiger partial charge in [0.25, 0.3) is 5.56 Å². The molecule has 4 N–H and O–H groups in total. The lowest BCUT2D eigenvalue weighted by Gasteiger charge is -2.09. The van der Waals surface area contributed by atoms with Crippen molar-refractivity contribution in [1.82, 2.24) is 15.0 Å². The average Bonchev–Trinajstić information content (AvgIpc) is 2.68. The van der Waals surface area contributed by atoms with E-state index in [0.717, 1.165) is 23.3 Å². The van der Waals surface area contributed by atoms with Crippen molar-refractivity contribution in [2.24, 2.45) is 5.73 Å². The van der Waals surface area contributed by atoms with Gasteiger partial charge in [-0.05, 0) is 42.8 Å². The van der Waals surface area contributed by atoms with Crippen molar-refractivity contribution < 1.29 is 4.74 Å². The maximum Gasteiger partial charge on any atom is 0.275 e. The summed E-state index contributed by atoms with van der Waals surface area (Å²) in [5.74, 6) is 1.24. The number of anilines is 1. The van der Waals surface area contributed by atoms with Crippen molar-refractivity contribution in [3.8, 4) is 17.0 Å². The second kappa shape index (κ2) is 8.77. The standard InChI is InChI=1S/C19H21N5O2/c20-8-1-11-26-16-4-2-14(3-5-16)13-22-19-23-17(12-18(25)24-19)15-6-9-21-10-7-15/h2-7,9-10,12H,1,8,11,13,20H2,(H2,22,23,24,25). The number of H-pyrrole nitrogens is 1. The maximum absolute atomic E-state index is 11.9. The quantitative estimate of drug-likeness (QED) is 0.537. The van der Waals surface area contributed by atoms with Crippen LogP contribution in [0.4, 0.5) is 5.95 Å². The number of rotatable bonds is 8. The molecule has 3 aromatic rings. The Morgan fingerprint density at radius 3 is 2.62 bits per heavy atom. The van der Waals surface area contributed by atoms with Crippen molar-refractivity contribution in [3.63, 3.8) is 0 Å². The van der Waals surface area contributed by atoms with E-state index in [4.69, 9.17) is 10.5 Å². The molecule has 0 aliphatic heterocycles. The van der Waals surface area contributed by atoms with Crippen molar-refractivity contribution >= 4 is 5.95 Å². The predicted molar refractivity (Wildman–Crippen MR) is 101 cm³/mol. The Hall–Kier alpha value is -3.19. The van der Waals surface area contributed by atoms with Crippen LogP contribution in [0.3, 0.4) is 0 Å². The van der Waals surface area contributed by atoms with Gasteiger partial charge in [0.1, 0.15) is 5.75 Å². The normalized spacial score (nSPS) is 10.5. The Morgan fingerprint density at radius 2 is 1.88 bits per heavy atom. The Kier molecular flexibility index (Phi) is 5.95. The van der Waals surface area contributed by atoms with Crippen LogP contribution in [-0.2, 0) is 6.54 Å². The van der Waals surface area contributed by atoms with E-state index in [1.54, 1.807) is 12.4 Å². The van der Waals surface area contributed by atoms with Crippen LogP contribution in [0, 0.1) is 0 Å². The summed E-state index contributed by atoms with van der Waals surface area (Å²) in [7, 11) is 0. The van der Waals surface area contributed by atoms with Gasteiger partial charge in [-0.1, -0.05) is 12.1 Å². The van der Waals surface area contributed by atoms with Crippen LogP contribution in [0.5, 0.6) is 5.75 Å². The first-order valence-electron chi connectivity index (χ1n) is 8.42. The highest BCUT2D eigenvalue weighted by atomic mass is 16.5. The Bertz CT molecular complexity index is 878. The summed E-state index contributed by atoms with van der Waals surface area (Å²) in [4.78, 5) is 22.9. The zero-order chi connectivity index (χ0) is 18.2. The first-order valence-corrected chi connectivity index (χ1v) is 8.42. The summed E-state index contributed by atoms with van der Waals surface area (Å²) < 4.78 is 5.58. The maximum atomic E-state index is 11.9. The molecule has 0 aliphatic rings. The molecule has 2 aromatic heterocycles. The predicted octanol–water partition coefficient (Wildman–Crippen LogP) is 2.17. The van der Waals surface area contributed by atoms with Gasteiger partial charge in [-0.2, -0.15) is 4.98 Å².